The summed E-state index contributed by atoms with van der Waals surface area (Å²) in [5.41, 5.74) is 10.8. The van der Waals surface area contributed by atoms with Crippen molar-refractivity contribution < 1.29 is 14.6 Å². The fraction of sp³-hybridized carbons (Fsp3) is 0.571. The van der Waals surface area contributed by atoms with Crippen molar-refractivity contribution in [2.45, 2.75) is 56.8 Å². The van der Waals surface area contributed by atoms with Gasteiger partial charge in [-0.3, -0.25) is 9.88 Å². The predicted octanol–water partition coefficient (Wildman–Crippen LogP) is 3.52. The van der Waals surface area contributed by atoms with Crippen molar-refractivity contribution in [2.24, 2.45) is 5.73 Å². The maximum absolute atomic E-state index is 10.8. The maximum atomic E-state index is 10.8. The van der Waals surface area contributed by atoms with E-state index in [1.54, 1.807) is 13.3 Å². The standard InChI is InChI=1S/C35H49N9O3/c1-24-23-25(6-7-27(24)43-14-8-26(9-15-43)42-19-17-41(2)18-20-42)38-33-31(32(36)45)39-30(29-28(46-3)5-4-13-37-29)34(40-33)44-16-10-35(44)11-21-47-22-12-35/h4-7,13,23,26,32,45H,8-12,14-22,36H2,1-3H3,(H,38,40). The number of aryl methyl sites for hydroxylation is 1. The molecule has 1 spiro atoms. The van der Waals surface area contributed by atoms with Gasteiger partial charge in [0.05, 0.1) is 7.11 Å². The Morgan fingerprint density at radius 1 is 1.00 bits per heavy atom. The van der Waals surface area contributed by atoms with Gasteiger partial charge in [-0.2, -0.15) is 0 Å². The summed E-state index contributed by atoms with van der Waals surface area (Å²) in [6.45, 7) is 11.2. The number of nitrogens with one attached hydrogen (secondary N) is 1. The molecule has 0 saturated carbocycles. The molecule has 4 N–H and O–H groups in total. The van der Waals surface area contributed by atoms with E-state index in [-0.39, 0.29) is 11.2 Å². The minimum absolute atomic E-state index is 0.0418. The molecular formula is C35H49N9O3. The summed E-state index contributed by atoms with van der Waals surface area (Å²) < 4.78 is 11.4. The number of aromatic nitrogens is 3. The summed E-state index contributed by atoms with van der Waals surface area (Å²) in [6, 6.07) is 10.8. The highest BCUT2D eigenvalue weighted by Crippen LogP contribution is 2.46. The number of hydrogen-bond donors (Lipinski definition) is 3. The number of likely N-dealkylation sites (N-methyl/N-ethyl adjacent to an activating group) is 1. The van der Waals surface area contributed by atoms with Gasteiger partial charge in [0, 0.05) is 88.2 Å². The van der Waals surface area contributed by atoms with Crippen LogP contribution in [0.25, 0.3) is 11.4 Å². The molecule has 3 aromatic rings. The average Bonchev–Trinajstić information content (AvgIpc) is 3.09. The molecule has 4 aliphatic rings. The summed E-state index contributed by atoms with van der Waals surface area (Å²) >= 11 is 0. The number of rotatable bonds is 8. The normalized spacial score (nSPS) is 21.5. The number of benzene rings is 1. The number of nitrogens with two attached hydrogens (primary N) is 1. The summed E-state index contributed by atoms with van der Waals surface area (Å²) in [6.07, 6.45) is 5.66. The van der Waals surface area contributed by atoms with Crippen molar-refractivity contribution in [1.82, 2.24) is 24.8 Å². The number of aliphatic hydroxyl groups excluding tert-OH is 1. The number of piperazine rings is 1. The molecule has 47 heavy (non-hydrogen) atoms. The number of piperidine rings is 1. The third-order valence-corrected chi connectivity index (χ3v) is 10.8. The zero-order chi connectivity index (χ0) is 32.5. The van der Waals surface area contributed by atoms with Gasteiger partial charge < -0.3 is 40.3 Å². The van der Waals surface area contributed by atoms with Crippen LogP contribution in [0.15, 0.2) is 36.5 Å². The SMILES string of the molecule is COc1cccnc1-c1nc(C(N)O)c(Nc2ccc(N3CCC(N4CCN(C)CC4)CC3)c(C)c2)nc1N1CCC12CCOCC2. The summed E-state index contributed by atoms with van der Waals surface area (Å²) in [7, 11) is 3.84. The molecule has 0 radical (unpaired) electrons. The lowest BCUT2D eigenvalue weighted by molar-refractivity contribution is 0.0285. The third-order valence-electron chi connectivity index (χ3n) is 10.8. The van der Waals surface area contributed by atoms with E-state index in [1.165, 1.54) is 37.2 Å². The third kappa shape index (κ3) is 6.37. The van der Waals surface area contributed by atoms with E-state index in [4.69, 9.17) is 25.2 Å². The second-order valence-electron chi connectivity index (χ2n) is 13.6. The Labute approximate surface area is 277 Å². The van der Waals surface area contributed by atoms with Crippen LogP contribution in [0.4, 0.5) is 23.0 Å². The van der Waals surface area contributed by atoms with Gasteiger partial charge in [-0.05, 0) is 82.0 Å². The van der Waals surface area contributed by atoms with E-state index in [1.807, 2.05) is 12.1 Å². The Morgan fingerprint density at radius 3 is 2.43 bits per heavy atom. The molecule has 0 aliphatic carbocycles. The Bertz CT molecular complexity index is 1550. The summed E-state index contributed by atoms with van der Waals surface area (Å²) in [5, 5.41) is 14.2. The number of ether oxygens (including phenoxy) is 2. The lowest BCUT2D eigenvalue weighted by Gasteiger charge is -2.55. The van der Waals surface area contributed by atoms with Crippen LogP contribution in [0.1, 0.15) is 49.6 Å². The van der Waals surface area contributed by atoms with Crippen molar-refractivity contribution in [3.8, 4) is 17.1 Å². The Hall–Kier alpha value is -3.55. The minimum Gasteiger partial charge on any atom is -0.494 e. The first kappa shape index (κ1) is 32.0. The molecule has 4 fully saturated rings. The first-order chi connectivity index (χ1) is 22.8. The number of hydrogen-bond acceptors (Lipinski definition) is 12. The first-order valence-corrected chi connectivity index (χ1v) is 17.1. The number of nitrogens with zero attached hydrogens (tertiary/aromatic N) is 7. The highest BCUT2D eigenvalue weighted by atomic mass is 16.5. The van der Waals surface area contributed by atoms with E-state index >= 15 is 0 Å². The minimum atomic E-state index is -1.34. The monoisotopic (exact) mass is 643 g/mol. The molecule has 6 heterocycles. The lowest BCUT2D eigenvalue weighted by atomic mass is 9.78. The molecule has 1 atom stereocenters. The quantitative estimate of drug-likeness (QED) is 0.311. The number of anilines is 4. The highest BCUT2D eigenvalue weighted by Gasteiger charge is 2.48. The van der Waals surface area contributed by atoms with Crippen LogP contribution in [0, 0.1) is 6.92 Å². The van der Waals surface area contributed by atoms with Gasteiger partial charge in [0.25, 0.3) is 0 Å². The van der Waals surface area contributed by atoms with Crippen LogP contribution in [-0.2, 0) is 4.74 Å². The van der Waals surface area contributed by atoms with Crippen molar-refractivity contribution in [3.63, 3.8) is 0 Å². The van der Waals surface area contributed by atoms with Crippen LogP contribution in [-0.4, -0.2) is 115 Å². The maximum Gasteiger partial charge on any atom is 0.159 e. The molecule has 252 valence electrons. The Morgan fingerprint density at radius 2 is 1.77 bits per heavy atom. The van der Waals surface area contributed by atoms with Gasteiger partial charge in [-0.1, -0.05) is 0 Å². The fourth-order valence-electron chi connectivity index (χ4n) is 7.84. The second kappa shape index (κ2) is 13.5. The van der Waals surface area contributed by atoms with Gasteiger partial charge >= 0.3 is 0 Å². The molecule has 0 bridgehead atoms. The Balaban J connectivity index is 1.16. The molecule has 4 aliphatic heterocycles. The van der Waals surface area contributed by atoms with Crippen LogP contribution in [0.2, 0.25) is 0 Å². The molecule has 4 saturated heterocycles. The van der Waals surface area contributed by atoms with E-state index in [9.17, 15) is 5.11 Å². The number of aliphatic hydroxyl groups is 1. The van der Waals surface area contributed by atoms with E-state index in [0.717, 1.165) is 70.9 Å². The molecule has 2 aromatic heterocycles. The lowest BCUT2D eigenvalue weighted by Crippen LogP contribution is -2.63. The van der Waals surface area contributed by atoms with Crippen molar-refractivity contribution >= 4 is 23.0 Å². The van der Waals surface area contributed by atoms with Crippen LogP contribution >= 0.6 is 0 Å². The van der Waals surface area contributed by atoms with Gasteiger partial charge in [0.15, 0.2) is 11.6 Å². The molecule has 12 nitrogen and oxygen atoms in total. The van der Waals surface area contributed by atoms with Gasteiger partial charge in [0.1, 0.15) is 29.1 Å². The predicted molar refractivity (Wildman–Crippen MR) is 184 cm³/mol. The largest absolute Gasteiger partial charge is 0.494 e. The number of methoxy groups -OCH3 is 1. The zero-order valence-corrected chi connectivity index (χ0v) is 28.0. The van der Waals surface area contributed by atoms with Crippen molar-refractivity contribution in [1.29, 1.82) is 0 Å². The average molecular weight is 644 g/mol. The molecule has 12 heteroatoms. The van der Waals surface area contributed by atoms with Gasteiger partial charge in [-0.15, -0.1) is 0 Å². The number of pyridine rings is 1. The van der Waals surface area contributed by atoms with Crippen LogP contribution < -0.4 is 25.6 Å². The van der Waals surface area contributed by atoms with Gasteiger partial charge in [-0.25, -0.2) is 9.97 Å². The molecule has 1 unspecified atom stereocenters. The molecule has 0 amide bonds. The van der Waals surface area contributed by atoms with Crippen molar-refractivity contribution in [2.75, 3.05) is 88.3 Å². The zero-order valence-electron chi connectivity index (χ0n) is 28.0. The first-order valence-electron chi connectivity index (χ1n) is 17.1. The molecular weight excluding hydrogens is 594 g/mol. The van der Waals surface area contributed by atoms with E-state index < -0.39 is 6.23 Å². The topological polar surface area (TPSA) is 128 Å². The highest BCUT2D eigenvalue weighted by molar-refractivity contribution is 5.78. The second-order valence-corrected chi connectivity index (χ2v) is 13.6. The van der Waals surface area contributed by atoms with Crippen LogP contribution in [0.3, 0.4) is 0 Å². The molecule has 1 aromatic carbocycles. The van der Waals surface area contributed by atoms with E-state index in [0.29, 0.717) is 34.8 Å². The molecule has 7 rings (SSSR count). The summed E-state index contributed by atoms with van der Waals surface area (Å²) in [4.78, 5) is 24.7. The van der Waals surface area contributed by atoms with Gasteiger partial charge in [0.2, 0.25) is 0 Å². The Kier molecular flexibility index (Phi) is 9.21. The summed E-state index contributed by atoms with van der Waals surface area (Å²) in [5.74, 6) is 1.73. The smallest absolute Gasteiger partial charge is 0.159 e. The van der Waals surface area contributed by atoms with Crippen LogP contribution in [0.5, 0.6) is 5.75 Å². The van der Waals surface area contributed by atoms with Crippen molar-refractivity contribution in [3.05, 3.63) is 47.8 Å². The fourth-order valence-corrected chi connectivity index (χ4v) is 7.84. The van der Waals surface area contributed by atoms with E-state index in [2.05, 4.69) is 62.1 Å².